The Balaban J connectivity index is 1.42. The zero-order valence-electron chi connectivity index (χ0n) is 21.3. The van der Waals surface area contributed by atoms with E-state index >= 15 is 0 Å². The summed E-state index contributed by atoms with van der Waals surface area (Å²) >= 11 is 6.42. The number of azo groups is 1. The SMILES string of the molecule is CC(C)(C)OC(=O)N1CC=C(Cl)C=c2[nH]c3c(c21)CN=NC=3C1CCC(Oc2cccc(C#N)c2)CC1. The van der Waals surface area contributed by atoms with Gasteiger partial charge in [0.05, 0.1) is 46.4 Å². The van der Waals surface area contributed by atoms with Gasteiger partial charge in [0.25, 0.3) is 0 Å². The van der Waals surface area contributed by atoms with Crippen LogP contribution in [0.5, 0.6) is 5.75 Å². The number of nitriles is 1. The van der Waals surface area contributed by atoms with Gasteiger partial charge in [0.1, 0.15) is 11.4 Å². The van der Waals surface area contributed by atoms with Crippen LogP contribution in [-0.4, -0.2) is 29.3 Å². The summed E-state index contributed by atoms with van der Waals surface area (Å²) in [4.78, 5) is 18.3. The molecule has 1 aromatic heterocycles. The third-order valence-corrected chi connectivity index (χ3v) is 6.99. The number of benzene rings is 1. The van der Waals surface area contributed by atoms with Gasteiger partial charge < -0.3 is 14.5 Å². The van der Waals surface area contributed by atoms with Gasteiger partial charge in [-0.05, 0) is 76.8 Å². The predicted molar refractivity (Wildman–Crippen MR) is 142 cm³/mol. The maximum atomic E-state index is 13.1. The van der Waals surface area contributed by atoms with Crippen LogP contribution in [0, 0.1) is 17.2 Å². The van der Waals surface area contributed by atoms with Crippen LogP contribution in [0.15, 0.2) is 45.6 Å². The number of anilines is 1. The first-order chi connectivity index (χ1) is 17.7. The van der Waals surface area contributed by atoms with E-state index in [-0.39, 0.29) is 12.0 Å². The van der Waals surface area contributed by atoms with Gasteiger partial charge in [-0.3, -0.25) is 4.90 Å². The van der Waals surface area contributed by atoms with E-state index in [1.165, 1.54) is 0 Å². The number of rotatable bonds is 3. The highest BCUT2D eigenvalue weighted by atomic mass is 35.5. The standard InChI is InChI=1S/C28H30ClN5O3/c1-28(2,3)37-27(35)34-12-11-19(29)14-23-26(34)22-16-31-33-24(25(22)32-23)18-7-9-20(10-8-18)36-21-6-4-5-17(13-21)15-30/h4-6,11,13-14,18,20,32H,7-10,12,16H2,1-3H3. The second-order valence-corrected chi connectivity index (χ2v) is 11.0. The van der Waals surface area contributed by atoms with Crippen molar-refractivity contribution in [3.05, 3.63) is 57.2 Å². The van der Waals surface area contributed by atoms with E-state index in [9.17, 15) is 4.79 Å². The van der Waals surface area contributed by atoms with Gasteiger partial charge in [-0.2, -0.15) is 15.5 Å². The first-order valence-corrected chi connectivity index (χ1v) is 13.0. The molecule has 0 spiro atoms. The summed E-state index contributed by atoms with van der Waals surface area (Å²) < 4.78 is 11.9. The Morgan fingerprint density at radius 2 is 2.03 bits per heavy atom. The number of carbonyl (C=O) groups is 1. The molecule has 0 radical (unpaired) electrons. The van der Waals surface area contributed by atoms with E-state index < -0.39 is 11.7 Å². The van der Waals surface area contributed by atoms with Crippen molar-refractivity contribution in [2.45, 2.75) is 64.7 Å². The summed E-state index contributed by atoms with van der Waals surface area (Å²) in [6.07, 6.45) is 6.87. The zero-order valence-corrected chi connectivity index (χ0v) is 22.0. The van der Waals surface area contributed by atoms with Gasteiger partial charge in [-0.25, -0.2) is 4.79 Å². The van der Waals surface area contributed by atoms with E-state index in [0.29, 0.717) is 23.7 Å². The smallest absolute Gasteiger partial charge is 0.415 e. The molecule has 1 aromatic carbocycles. The molecule has 5 rings (SSSR count). The highest BCUT2D eigenvalue weighted by molar-refractivity contribution is 6.34. The summed E-state index contributed by atoms with van der Waals surface area (Å²) in [5.74, 6) is 0.946. The number of fused-ring (bicyclic) bond motifs is 3. The fourth-order valence-electron chi connectivity index (χ4n) is 5.09. The normalized spacial score (nSPS) is 21.1. The molecule has 0 saturated heterocycles. The van der Waals surface area contributed by atoms with Crippen LogP contribution in [0.1, 0.15) is 57.6 Å². The van der Waals surface area contributed by atoms with Crippen LogP contribution in [0.2, 0.25) is 0 Å². The second-order valence-electron chi connectivity index (χ2n) is 10.6. The molecule has 1 amide bonds. The molecule has 1 fully saturated rings. The summed E-state index contributed by atoms with van der Waals surface area (Å²) in [6.45, 7) is 6.25. The predicted octanol–water partition coefficient (Wildman–Crippen LogP) is 5.26. The molecule has 2 aliphatic heterocycles. The average Bonchev–Trinajstić information content (AvgIpc) is 3.12. The summed E-state index contributed by atoms with van der Waals surface area (Å²) in [5, 5.41) is 20.4. The lowest BCUT2D eigenvalue weighted by atomic mass is 9.84. The van der Waals surface area contributed by atoms with Crippen molar-refractivity contribution in [3.63, 3.8) is 0 Å². The van der Waals surface area contributed by atoms with E-state index in [0.717, 1.165) is 59.1 Å². The van der Waals surface area contributed by atoms with Gasteiger partial charge in [0.2, 0.25) is 0 Å². The van der Waals surface area contributed by atoms with Crippen LogP contribution < -0.4 is 20.3 Å². The average molecular weight is 520 g/mol. The highest BCUT2D eigenvalue weighted by Gasteiger charge is 2.32. The maximum Gasteiger partial charge on any atom is 0.415 e. The molecule has 1 saturated carbocycles. The molecule has 0 atom stereocenters. The topological polar surface area (TPSA) is 103 Å². The van der Waals surface area contributed by atoms with Crippen molar-refractivity contribution < 1.29 is 14.3 Å². The van der Waals surface area contributed by atoms with Crippen LogP contribution >= 0.6 is 11.6 Å². The van der Waals surface area contributed by atoms with E-state index in [1.54, 1.807) is 23.1 Å². The number of allylic oxidation sites excluding steroid dienone is 1. The summed E-state index contributed by atoms with van der Waals surface area (Å²) in [6, 6.07) is 9.44. The van der Waals surface area contributed by atoms with Crippen molar-refractivity contribution in [2.24, 2.45) is 16.1 Å². The number of ether oxygens (including phenoxy) is 2. The third-order valence-electron chi connectivity index (χ3n) is 6.73. The molecule has 3 aliphatic rings. The monoisotopic (exact) mass is 519 g/mol. The number of halogens is 1. The third kappa shape index (κ3) is 5.42. The molecule has 1 aliphatic carbocycles. The van der Waals surface area contributed by atoms with Gasteiger partial charge >= 0.3 is 6.09 Å². The molecule has 8 nitrogen and oxygen atoms in total. The Hall–Kier alpha value is -3.57. The number of aromatic amines is 1. The zero-order chi connectivity index (χ0) is 26.2. The minimum Gasteiger partial charge on any atom is -0.490 e. The van der Waals surface area contributed by atoms with Gasteiger partial charge in [-0.15, -0.1) is 0 Å². The van der Waals surface area contributed by atoms with Crippen molar-refractivity contribution in [2.75, 3.05) is 11.4 Å². The summed E-state index contributed by atoms with van der Waals surface area (Å²) in [5.41, 5.74) is 2.58. The molecule has 192 valence electrons. The molecular weight excluding hydrogens is 490 g/mol. The quantitative estimate of drug-likeness (QED) is 0.597. The van der Waals surface area contributed by atoms with Crippen LogP contribution in [-0.2, 0) is 11.3 Å². The molecule has 9 heteroatoms. The lowest BCUT2D eigenvalue weighted by molar-refractivity contribution is 0.0584. The van der Waals surface area contributed by atoms with E-state index in [1.807, 2.05) is 39.0 Å². The van der Waals surface area contributed by atoms with Gasteiger partial charge in [0.15, 0.2) is 0 Å². The number of nitrogens with zero attached hydrogens (tertiary/aromatic N) is 4. The number of aromatic nitrogens is 1. The van der Waals surface area contributed by atoms with Crippen molar-refractivity contribution in [3.8, 4) is 11.8 Å². The van der Waals surface area contributed by atoms with Gasteiger partial charge in [0, 0.05) is 23.1 Å². The van der Waals surface area contributed by atoms with Crippen LogP contribution in [0.4, 0.5) is 10.5 Å². The Kier molecular flexibility index (Phi) is 6.82. The van der Waals surface area contributed by atoms with E-state index in [2.05, 4.69) is 21.3 Å². The minimum atomic E-state index is -0.620. The molecule has 2 aromatic rings. The minimum absolute atomic E-state index is 0.0890. The number of nitrogens with one attached hydrogen (secondary N) is 1. The molecule has 37 heavy (non-hydrogen) atoms. The maximum absolute atomic E-state index is 13.1. The Bertz CT molecular complexity index is 1440. The Morgan fingerprint density at radius 1 is 1.24 bits per heavy atom. The molecule has 0 bridgehead atoms. The lowest BCUT2D eigenvalue weighted by Crippen LogP contribution is -2.39. The largest absolute Gasteiger partial charge is 0.490 e. The summed E-state index contributed by atoms with van der Waals surface area (Å²) in [7, 11) is 0. The Morgan fingerprint density at radius 3 is 2.76 bits per heavy atom. The molecule has 3 heterocycles. The van der Waals surface area contributed by atoms with Crippen LogP contribution in [0.25, 0.3) is 11.8 Å². The number of hydrogen-bond acceptors (Lipinski definition) is 6. The van der Waals surface area contributed by atoms with Gasteiger partial charge in [-0.1, -0.05) is 17.7 Å². The number of amides is 1. The highest BCUT2D eigenvalue weighted by Crippen LogP contribution is 2.35. The molecule has 1 N–H and O–H groups in total. The van der Waals surface area contributed by atoms with Crippen molar-refractivity contribution >= 4 is 35.2 Å². The first-order valence-electron chi connectivity index (χ1n) is 12.6. The fourth-order valence-corrected chi connectivity index (χ4v) is 5.27. The first kappa shape index (κ1) is 25.1. The van der Waals surface area contributed by atoms with Crippen LogP contribution in [0.3, 0.4) is 0 Å². The Labute approximate surface area is 220 Å². The molecular formula is C28H30ClN5O3. The molecule has 0 unspecified atom stereocenters. The second kappa shape index (κ2) is 10.1. The number of H-pyrrole nitrogens is 1. The van der Waals surface area contributed by atoms with Crippen molar-refractivity contribution in [1.29, 1.82) is 5.26 Å². The fraction of sp³-hybridized carbons (Fsp3) is 0.429. The lowest BCUT2D eigenvalue weighted by Gasteiger charge is -2.29. The number of carbonyl (C=O) groups excluding carboxylic acids is 1. The van der Waals surface area contributed by atoms with Crippen molar-refractivity contribution in [1.82, 2.24) is 4.98 Å². The van der Waals surface area contributed by atoms with E-state index in [4.69, 9.17) is 26.3 Å². The number of hydrogen-bond donors (Lipinski definition) is 1.